The van der Waals surface area contributed by atoms with Crippen LogP contribution in [0.1, 0.15) is 19.8 Å². The second-order valence-electron chi connectivity index (χ2n) is 6.24. The van der Waals surface area contributed by atoms with Crippen molar-refractivity contribution in [3.8, 4) is 5.69 Å². The zero-order valence-electron chi connectivity index (χ0n) is 14.4. The smallest absolute Gasteiger partial charge is 0.282 e. The van der Waals surface area contributed by atoms with Crippen LogP contribution in [0.4, 0.5) is 5.82 Å². The summed E-state index contributed by atoms with van der Waals surface area (Å²) < 4.78 is 1.52. The summed E-state index contributed by atoms with van der Waals surface area (Å²) in [6.07, 6.45) is 2.09. The molecule has 0 aliphatic carbocycles. The summed E-state index contributed by atoms with van der Waals surface area (Å²) in [7, 11) is 0. The maximum atomic E-state index is 13.1. The van der Waals surface area contributed by atoms with Crippen LogP contribution in [0.15, 0.2) is 53.3 Å². The number of fused-ring (bicyclic) bond motifs is 3. The highest BCUT2D eigenvalue weighted by Crippen LogP contribution is 2.27. The maximum Gasteiger partial charge on any atom is 0.282 e. The average molecular weight is 367 g/mol. The van der Waals surface area contributed by atoms with Crippen LogP contribution < -0.4 is 10.9 Å². The van der Waals surface area contributed by atoms with Crippen LogP contribution in [-0.2, 0) is 0 Å². The number of para-hydroxylation sites is 1. The number of benzene rings is 2. The number of H-pyrrole nitrogens is 1. The molecule has 2 aromatic carbocycles. The lowest BCUT2D eigenvalue weighted by molar-refractivity contribution is 0.832. The SMILES string of the molecule is CCCCNc1nc2ccccc2c2[nH]n(-c3cccc(Cl)c3)c(=O)c12. The van der Waals surface area contributed by atoms with Gasteiger partial charge in [0.05, 0.1) is 16.7 Å². The summed E-state index contributed by atoms with van der Waals surface area (Å²) >= 11 is 6.10. The zero-order valence-corrected chi connectivity index (χ0v) is 15.2. The molecule has 4 aromatic rings. The molecule has 0 amide bonds. The van der Waals surface area contributed by atoms with Crippen LogP contribution in [0.25, 0.3) is 27.5 Å². The Hall–Kier alpha value is -2.79. The topological polar surface area (TPSA) is 62.7 Å². The minimum absolute atomic E-state index is 0.139. The van der Waals surface area contributed by atoms with Crippen molar-refractivity contribution in [1.82, 2.24) is 14.8 Å². The van der Waals surface area contributed by atoms with Crippen molar-refractivity contribution in [2.45, 2.75) is 19.8 Å². The third-order valence-corrected chi connectivity index (χ3v) is 4.66. The fourth-order valence-corrected chi connectivity index (χ4v) is 3.30. The van der Waals surface area contributed by atoms with E-state index < -0.39 is 0 Å². The van der Waals surface area contributed by atoms with Crippen LogP contribution in [0.5, 0.6) is 0 Å². The summed E-state index contributed by atoms with van der Waals surface area (Å²) in [5.41, 5.74) is 2.18. The van der Waals surface area contributed by atoms with Gasteiger partial charge in [-0.3, -0.25) is 9.89 Å². The molecule has 0 aliphatic heterocycles. The highest BCUT2D eigenvalue weighted by Gasteiger charge is 2.17. The van der Waals surface area contributed by atoms with E-state index in [-0.39, 0.29) is 5.56 Å². The number of pyridine rings is 1. The molecule has 0 atom stereocenters. The maximum absolute atomic E-state index is 13.1. The van der Waals surface area contributed by atoms with E-state index in [0.29, 0.717) is 21.9 Å². The Kier molecular flexibility index (Phi) is 4.39. The van der Waals surface area contributed by atoms with Crippen molar-refractivity contribution in [2.75, 3.05) is 11.9 Å². The zero-order chi connectivity index (χ0) is 18.1. The second-order valence-corrected chi connectivity index (χ2v) is 6.68. The molecule has 5 nitrogen and oxygen atoms in total. The summed E-state index contributed by atoms with van der Waals surface area (Å²) in [4.78, 5) is 17.8. The van der Waals surface area contributed by atoms with Gasteiger partial charge >= 0.3 is 0 Å². The van der Waals surface area contributed by atoms with E-state index in [1.165, 1.54) is 4.68 Å². The highest BCUT2D eigenvalue weighted by atomic mass is 35.5. The van der Waals surface area contributed by atoms with Gasteiger partial charge in [-0.15, -0.1) is 0 Å². The van der Waals surface area contributed by atoms with Gasteiger partial charge in [-0.1, -0.05) is 49.2 Å². The number of halogens is 1. The molecule has 0 saturated carbocycles. The van der Waals surface area contributed by atoms with Crippen LogP contribution >= 0.6 is 11.6 Å². The molecule has 0 aliphatic rings. The molecule has 0 saturated heterocycles. The van der Waals surface area contributed by atoms with Gasteiger partial charge in [0.1, 0.15) is 11.2 Å². The number of anilines is 1. The van der Waals surface area contributed by atoms with Gasteiger partial charge in [0.2, 0.25) is 0 Å². The number of aromatic amines is 1. The van der Waals surface area contributed by atoms with Gasteiger partial charge in [-0.2, -0.15) is 0 Å². The molecular weight excluding hydrogens is 348 g/mol. The van der Waals surface area contributed by atoms with Gasteiger partial charge in [0.25, 0.3) is 5.56 Å². The number of hydrogen-bond acceptors (Lipinski definition) is 3. The molecule has 132 valence electrons. The van der Waals surface area contributed by atoms with Gasteiger partial charge < -0.3 is 5.32 Å². The predicted molar refractivity (Wildman–Crippen MR) is 108 cm³/mol. The number of unbranched alkanes of at least 4 members (excludes halogenated alkanes) is 1. The molecule has 0 spiro atoms. The fraction of sp³-hybridized carbons (Fsp3) is 0.200. The first kappa shape index (κ1) is 16.7. The molecule has 0 fully saturated rings. The van der Waals surface area contributed by atoms with Gasteiger partial charge in [-0.25, -0.2) is 9.67 Å². The van der Waals surface area contributed by atoms with E-state index in [1.54, 1.807) is 12.1 Å². The van der Waals surface area contributed by atoms with Gasteiger partial charge in [0.15, 0.2) is 0 Å². The molecule has 2 heterocycles. The number of hydrogen-bond donors (Lipinski definition) is 2. The molecule has 26 heavy (non-hydrogen) atoms. The Morgan fingerprint density at radius 2 is 2.04 bits per heavy atom. The lowest BCUT2D eigenvalue weighted by Gasteiger charge is -2.07. The van der Waals surface area contributed by atoms with Crippen molar-refractivity contribution in [3.05, 3.63) is 63.9 Å². The molecule has 0 radical (unpaired) electrons. The Morgan fingerprint density at radius 1 is 1.19 bits per heavy atom. The first-order valence-electron chi connectivity index (χ1n) is 8.72. The minimum atomic E-state index is -0.139. The Morgan fingerprint density at radius 3 is 2.85 bits per heavy atom. The predicted octanol–water partition coefficient (Wildman–Crippen LogP) is 4.73. The average Bonchev–Trinajstić information content (AvgIpc) is 3.00. The van der Waals surface area contributed by atoms with Crippen molar-refractivity contribution in [3.63, 3.8) is 0 Å². The number of aromatic nitrogens is 3. The molecule has 6 heteroatoms. The van der Waals surface area contributed by atoms with E-state index >= 15 is 0 Å². The molecule has 2 aromatic heterocycles. The van der Waals surface area contributed by atoms with Gasteiger partial charge in [-0.05, 0) is 30.7 Å². The lowest BCUT2D eigenvalue weighted by Crippen LogP contribution is -2.15. The number of nitrogens with one attached hydrogen (secondary N) is 2. The Labute approximate surface area is 155 Å². The highest BCUT2D eigenvalue weighted by molar-refractivity contribution is 6.30. The van der Waals surface area contributed by atoms with Crippen LogP contribution in [-0.4, -0.2) is 21.3 Å². The quantitative estimate of drug-likeness (QED) is 0.502. The largest absolute Gasteiger partial charge is 0.369 e. The first-order valence-corrected chi connectivity index (χ1v) is 9.10. The van der Waals surface area contributed by atoms with Crippen molar-refractivity contribution in [2.24, 2.45) is 0 Å². The Bertz CT molecular complexity index is 1150. The summed E-state index contributed by atoms with van der Waals surface area (Å²) in [6.45, 7) is 2.91. The molecule has 0 unspecified atom stereocenters. The molecule has 0 bridgehead atoms. The Balaban J connectivity index is 1.99. The van der Waals surface area contributed by atoms with Crippen molar-refractivity contribution >= 4 is 39.2 Å². The molecular formula is C20H19ClN4O. The fourth-order valence-electron chi connectivity index (χ4n) is 3.12. The van der Waals surface area contributed by atoms with Gasteiger partial charge in [0, 0.05) is 17.0 Å². The third kappa shape index (κ3) is 2.84. The third-order valence-electron chi connectivity index (χ3n) is 4.42. The summed E-state index contributed by atoms with van der Waals surface area (Å²) in [5.74, 6) is 0.620. The van der Waals surface area contributed by atoms with Crippen LogP contribution in [0.2, 0.25) is 5.02 Å². The van der Waals surface area contributed by atoms with E-state index in [0.717, 1.165) is 35.8 Å². The van der Waals surface area contributed by atoms with E-state index in [1.807, 2.05) is 36.4 Å². The van der Waals surface area contributed by atoms with Crippen LogP contribution in [0, 0.1) is 0 Å². The monoisotopic (exact) mass is 366 g/mol. The summed E-state index contributed by atoms with van der Waals surface area (Å²) in [5, 5.41) is 8.64. The van der Waals surface area contributed by atoms with Crippen molar-refractivity contribution in [1.29, 1.82) is 0 Å². The van der Waals surface area contributed by atoms with Crippen LogP contribution in [0.3, 0.4) is 0 Å². The van der Waals surface area contributed by atoms with Crippen molar-refractivity contribution < 1.29 is 0 Å². The molecule has 2 N–H and O–H groups in total. The first-order chi connectivity index (χ1) is 12.7. The van der Waals surface area contributed by atoms with E-state index in [2.05, 4.69) is 17.3 Å². The normalized spacial score (nSPS) is 11.3. The lowest BCUT2D eigenvalue weighted by atomic mass is 10.1. The number of rotatable bonds is 5. The number of nitrogens with zero attached hydrogens (tertiary/aromatic N) is 2. The standard InChI is InChI=1S/C20H19ClN4O/c1-2-3-11-22-19-17-18(15-9-4-5-10-16(15)23-19)24-25(20(17)26)14-8-6-7-13(21)12-14/h4-10,12,24H,2-3,11H2,1H3,(H,22,23). The second kappa shape index (κ2) is 6.84. The van der Waals surface area contributed by atoms with E-state index in [9.17, 15) is 4.79 Å². The van der Waals surface area contributed by atoms with E-state index in [4.69, 9.17) is 16.6 Å². The minimum Gasteiger partial charge on any atom is -0.369 e. The molecule has 4 rings (SSSR count). The summed E-state index contributed by atoms with van der Waals surface area (Å²) in [6, 6.07) is 15.0.